The maximum atomic E-state index is 11.5. The molecule has 4 nitrogen and oxygen atoms in total. The Kier molecular flexibility index (Phi) is 3.36. The van der Waals surface area contributed by atoms with Gasteiger partial charge < -0.3 is 4.74 Å². The van der Waals surface area contributed by atoms with Crippen molar-refractivity contribution in [1.82, 2.24) is 5.32 Å². The number of ether oxygens (including phenoxy) is 1. The van der Waals surface area contributed by atoms with Gasteiger partial charge in [-0.25, -0.2) is 0 Å². The van der Waals surface area contributed by atoms with Crippen molar-refractivity contribution in [2.24, 2.45) is 0 Å². The maximum absolute atomic E-state index is 11.5. The summed E-state index contributed by atoms with van der Waals surface area (Å²) in [6, 6.07) is 7.61. The van der Waals surface area contributed by atoms with Gasteiger partial charge in [0.25, 0.3) is 0 Å². The molecule has 1 fully saturated rings. The first-order valence-electron chi connectivity index (χ1n) is 6.09. The molecule has 0 radical (unpaired) electrons. The van der Waals surface area contributed by atoms with Crippen molar-refractivity contribution in [3.05, 3.63) is 29.8 Å². The first-order chi connectivity index (χ1) is 8.53. The Morgan fingerprint density at radius 2 is 1.72 bits per heavy atom. The Morgan fingerprint density at radius 3 is 2.22 bits per heavy atom. The van der Waals surface area contributed by atoms with Crippen molar-refractivity contribution in [3.8, 4) is 5.75 Å². The van der Waals surface area contributed by atoms with E-state index in [1.807, 2.05) is 38.1 Å². The van der Waals surface area contributed by atoms with E-state index >= 15 is 0 Å². The third-order valence-electron chi connectivity index (χ3n) is 3.24. The molecule has 1 saturated heterocycles. The van der Waals surface area contributed by atoms with Crippen molar-refractivity contribution < 1.29 is 14.3 Å². The van der Waals surface area contributed by atoms with Crippen LogP contribution in [0.15, 0.2) is 24.3 Å². The Balaban J connectivity index is 2.23. The Hall–Kier alpha value is -1.84. The minimum absolute atomic E-state index is 0.206. The third kappa shape index (κ3) is 2.53. The van der Waals surface area contributed by atoms with Gasteiger partial charge in [-0.05, 0) is 24.6 Å². The topological polar surface area (TPSA) is 55.4 Å². The molecule has 1 aromatic carbocycles. The summed E-state index contributed by atoms with van der Waals surface area (Å²) >= 11 is 0. The summed E-state index contributed by atoms with van der Waals surface area (Å²) in [6.45, 7) is 4.50. The van der Waals surface area contributed by atoms with Gasteiger partial charge >= 0.3 is 0 Å². The van der Waals surface area contributed by atoms with Gasteiger partial charge in [-0.2, -0.15) is 0 Å². The zero-order valence-corrected chi connectivity index (χ0v) is 10.7. The molecule has 0 atom stereocenters. The highest BCUT2D eigenvalue weighted by atomic mass is 16.5. The molecule has 2 rings (SSSR count). The lowest BCUT2D eigenvalue weighted by molar-refractivity contribution is -0.135. The molecule has 1 aliphatic heterocycles. The van der Waals surface area contributed by atoms with E-state index in [0.717, 1.165) is 11.3 Å². The van der Waals surface area contributed by atoms with Crippen LogP contribution in [-0.2, 0) is 15.0 Å². The monoisotopic (exact) mass is 247 g/mol. The highest BCUT2D eigenvalue weighted by Crippen LogP contribution is 2.34. The maximum Gasteiger partial charge on any atom is 0.227 e. The minimum Gasteiger partial charge on any atom is -0.494 e. The average molecular weight is 247 g/mol. The van der Waals surface area contributed by atoms with E-state index in [0.29, 0.717) is 19.4 Å². The number of rotatable bonds is 3. The standard InChI is InChI=1S/C14H17NO3/c1-3-18-11-6-4-10(5-7-11)14(2)8-12(16)15-13(17)9-14/h4-7H,3,8-9H2,1-2H3,(H,15,16,17). The molecule has 0 aliphatic carbocycles. The zero-order chi connectivity index (χ0) is 13.2. The summed E-state index contributed by atoms with van der Waals surface area (Å²) in [7, 11) is 0. The average Bonchev–Trinajstić information content (AvgIpc) is 2.28. The summed E-state index contributed by atoms with van der Waals surface area (Å²) in [6.07, 6.45) is 0.680. The summed E-state index contributed by atoms with van der Waals surface area (Å²) in [5.41, 5.74) is 0.582. The van der Waals surface area contributed by atoms with Gasteiger partial charge in [-0.15, -0.1) is 0 Å². The van der Waals surface area contributed by atoms with E-state index in [2.05, 4.69) is 5.32 Å². The lowest BCUT2D eigenvalue weighted by atomic mass is 9.74. The molecule has 18 heavy (non-hydrogen) atoms. The molecule has 1 N–H and O–H groups in total. The lowest BCUT2D eigenvalue weighted by Gasteiger charge is -2.32. The van der Waals surface area contributed by atoms with Gasteiger partial charge in [0.2, 0.25) is 11.8 Å². The van der Waals surface area contributed by atoms with E-state index < -0.39 is 5.41 Å². The van der Waals surface area contributed by atoms with Gasteiger partial charge in [0, 0.05) is 18.3 Å². The minimum atomic E-state index is -0.413. The van der Waals surface area contributed by atoms with Crippen molar-refractivity contribution in [3.63, 3.8) is 0 Å². The predicted molar refractivity (Wildman–Crippen MR) is 67.3 cm³/mol. The first kappa shape index (κ1) is 12.6. The van der Waals surface area contributed by atoms with Gasteiger partial charge in [-0.3, -0.25) is 14.9 Å². The van der Waals surface area contributed by atoms with Gasteiger partial charge in [0.1, 0.15) is 5.75 Å². The fourth-order valence-corrected chi connectivity index (χ4v) is 2.34. The van der Waals surface area contributed by atoms with E-state index in [4.69, 9.17) is 4.74 Å². The number of hydrogen-bond acceptors (Lipinski definition) is 3. The molecule has 2 amide bonds. The van der Waals surface area contributed by atoms with Gasteiger partial charge in [-0.1, -0.05) is 19.1 Å². The Bertz CT molecular complexity index is 448. The van der Waals surface area contributed by atoms with E-state index in [-0.39, 0.29) is 11.8 Å². The van der Waals surface area contributed by atoms with Crippen LogP contribution in [0.25, 0.3) is 0 Å². The molecule has 0 aromatic heterocycles. The molecule has 0 unspecified atom stereocenters. The molecule has 0 spiro atoms. The number of benzene rings is 1. The fourth-order valence-electron chi connectivity index (χ4n) is 2.34. The van der Waals surface area contributed by atoms with Crippen LogP contribution >= 0.6 is 0 Å². The summed E-state index contributed by atoms with van der Waals surface area (Å²) in [4.78, 5) is 23.0. The highest BCUT2D eigenvalue weighted by molar-refractivity contribution is 5.99. The number of carbonyl (C=O) groups excluding carboxylic acids is 2. The molecule has 0 bridgehead atoms. The van der Waals surface area contributed by atoms with Crippen LogP contribution in [-0.4, -0.2) is 18.4 Å². The second-order valence-corrected chi connectivity index (χ2v) is 4.84. The Labute approximate surface area is 106 Å². The molecular formula is C14H17NO3. The largest absolute Gasteiger partial charge is 0.494 e. The van der Waals surface area contributed by atoms with Crippen LogP contribution in [0.3, 0.4) is 0 Å². The van der Waals surface area contributed by atoms with Gasteiger partial charge in [0.15, 0.2) is 0 Å². The number of piperidine rings is 1. The highest BCUT2D eigenvalue weighted by Gasteiger charge is 2.36. The molecule has 1 aliphatic rings. The molecule has 1 heterocycles. The molecule has 96 valence electrons. The zero-order valence-electron chi connectivity index (χ0n) is 10.7. The van der Waals surface area contributed by atoms with Crippen LogP contribution in [0.2, 0.25) is 0 Å². The van der Waals surface area contributed by atoms with Crippen LogP contribution in [0.4, 0.5) is 0 Å². The Morgan fingerprint density at radius 1 is 1.17 bits per heavy atom. The summed E-state index contributed by atoms with van der Waals surface area (Å²) in [5, 5.41) is 2.33. The molecular weight excluding hydrogens is 230 g/mol. The second-order valence-electron chi connectivity index (χ2n) is 4.84. The smallest absolute Gasteiger partial charge is 0.227 e. The third-order valence-corrected chi connectivity index (χ3v) is 3.24. The number of nitrogens with one attached hydrogen (secondary N) is 1. The lowest BCUT2D eigenvalue weighted by Crippen LogP contribution is -2.45. The molecule has 4 heteroatoms. The fraction of sp³-hybridized carbons (Fsp3) is 0.429. The summed E-state index contributed by atoms with van der Waals surface area (Å²) < 4.78 is 5.38. The van der Waals surface area contributed by atoms with E-state index in [9.17, 15) is 9.59 Å². The van der Waals surface area contributed by atoms with E-state index in [1.54, 1.807) is 0 Å². The first-order valence-corrected chi connectivity index (χ1v) is 6.09. The van der Waals surface area contributed by atoms with Crippen LogP contribution < -0.4 is 10.1 Å². The number of carbonyl (C=O) groups is 2. The number of amides is 2. The van der Waals surface area contributed by atoms with Crippen molar-refractivity contribution in [2.45, 2.75) is 32.1 Å². The second kappa shape index (κ2) is 4.80. The number of imide groups is 1. The molecule has 0 saturated carbocycles. The number of hydrogen-bond donors (Lipinski definition) is 1. The normalized spacial score (nSPS) is 18.3. The molecule has 1 aromatic rings. The van der Waals surface area contributed by atoms with Crippen molar-refractivity contribution >= 4 is 11.8 Å². The SMILES string of the molecule is CCOc1ccc(C2(C)CC(=O)NC(=O)C2)cc1. The van der Waals surface area contributed by atoms with Crippen LogP contribution in [0.5, 0.6) is 5.75 Å². The quantitative estimate of drug-likeness (QED) is 0.828. The summed E-state index contributed by atoms with van der Waals surface area (Å²) in [5.74, 6) is 0.390. The van der Waals surface area contributed by atoms with E-state index in [1.165, 1.54) is 0 Å². The van der Waals surface area contributed by atoms with Crippen LogP contribution in [0.1, 0.15) is 32.3 Å². The van der Waals surface area contributed by atoms with Crippen LogP contribution in [0, 0.1) is 0 Å². The van der Waals surface area contributed by atoms with Crippen molar-refractivity contribution in [1.29, 1.82) is 0 Å². The predicted octanol–water partition coefficient (Wildman–Crippen LogP) is 1.78. The van der Waals surface area contributed by atoms with Crippen molar-refractivity contribution in [2.75, 3.05) is 6.61 Å². The van der Waals surface area contributed by atoms with Gasteiger partial charge in [0.05, 0.1) is 6.61 Å².